The molecule has 0 aromatic heterocycles. The van der Waals surface area contributed by atoms with E-state index in [0.29, 0.717) is 17.4 Å². The van der Waals surface area contributed by atoms with Gasteiger partial charge in [0.25, 0.3) is 0 Å². The number of fused-ring (bicyclic) bond motifs is 1. The number of phenols is 2. The average Bonchev–Trinajstić information content (AvgIpc) is 3.00. The lowest BCUT2D eigenvalue weighted by molar-refractivity contribution is -0.127. The number of aromatic hydroxyl groups is 2. The van der Waals surface area contributed by atoms with Crippen LogP contribution in [0, 0.1) is 17.8 Å². The fraction of sp³-hybridized carbons (Fsp3) is 0.364. The summed E-state index contributed by atoms with van der Waals surface area (Å²) in [6, 6.07) is 19.5. The van der Waals surface area contributed by atoms with Crippen LogP contribution in [0.1, 0.15) is 48.4 Å². The Labute approximate surface area is 245 Å². The van der Waals surface area contributed by atoms with Gasteiger partial charge in [0.1, 0.15) is 11.5 Å². The highest BCUT2D eigenvalue weighted by molar-refractivity contribution is 8.13. The summed E-state index contributed by atoms with van der Waals surface area (Å²) in [5.41, 5.74) is 2.16. The van der Waals surface area contributed by atoms with E-state index in [1.54, 1.807) is 32.0 Å². The lowest BCUT2D eigenvalue weighted by Gasteiger charge is -2.59. The van der Waals surface area contributed by atoms with E-state index in [1.807, 2.05) is 36.4 Å². The Kier molecular flexibility index (Phi) is 7.28. The van der Waals surface area contributed by atoms with E-state index in [0.717, 1.165) is 46.2 Å². The van der Waals surface area contributed by atoms with Gasteiger partial charge in [0, 0.05) is 29.1 Å². The van der Waals surface area contributed by atoms with Crippen LogP contribution in [0.3, 0.4) is 0 Å². The van der Waals surface area contributed by atoms with E-state index in [1.165, 1.54) is 0 Å². The molecule has 214 valence electrons. The zero-order valence-electron chi connectivity index (χ0n) is 23.5. The molecule has 3 aromatic rings. The van der Waals surface area contributed by atoms with Gasteiger partial charge >= 0.3 is 0 Å². The molecule has 6 atom stereocenters. The predicted octanol–water partition coefficient (Wildman–Crippen LogP) is 6.62. The third-order valence-corrected chi connectivity index (χ3v) is 9.66. The van der Waals surface area contributed by atoms with Gasteiger partial charge in [-0.25, -0.2) is 0 Å². The Morgan fingerprint density at radius 3 is 2.24 bits per heavy atom. The minimum atomic E-state index is -0.884. The number of aliphatic imine (C=N–C) groups is 1. The summed E-state index contributed by atoms with van der Waals surface area (Å²) in [5.74, 6) is 2.41. The van der Waals surface area contributed by atoms with Crippen LogP contribution < -0.4 is 19.5 Å². The van der Waals surface area contributed by atoms with Crippen LogP contribution in [0.2, 0.25) is 0 Å². The molecular formula is C33H36N2O5S. The molecule has 1 fully saturated rings. The molecule has 41 heavy (non-hydrogen) atoms. The van der Waals surface area contributed by atoms with Crippen molar-refractivity contribution < 1.29 is 24.4 Å². The topological polar surface area (TPSA) is 92.5 Å². The molecule has 0 bridgehead atoms. The summed E-state index contributed by atoms with van der Waals surface area (Å²) >= 11 is 1.59. The first kappa shape index (κ1) is 27.4. The minimum absolute atomic E-state index is 0.0108. The standard InChI is InChI=1S/C33H36N2O5S/c1-5-16-41-32-34-29(21-8-12-23(39-4)13-9-21)26-18-19(2)17-25-28(20-6-10-22(38-3)11-7-20)24-14-15-27(36)30(37)31(24)40-33(25,26)35-32/h5-15,19,25-26,28-29,36-37H,1,16-18H2,2-4H3,(H,34,35)/t19-,25+,26+,28-,29+,33-/m1/s1. The van der Waals surface area contributed by atoms with E-state index in [4.69, 9.17) is 19.2 Å². The third-order valence-electron chi connectivity index (χ3n) is 8.77. The van der Waals surface area contributed by atoms with Crippen molar-refractivity contribution in [1.82, 2.24) is 5.32 Å². The van der Waals surface area contributed by atoms with Gasteiger partial charge in [-0.15, -0.1) is 6.58 Å². The average molecular weight is 573 g/mol. The lowest BCUT2D eigenvalue weighted by atomic mass is 9.58. The van der Waals surface area contributed by atoms with Crippen molar-refractivity contribution in [2.45, 2.75) is 37.5 Å². The van der Waals surface area contributed by atoms with Gasteiger partial charge in [-0.1, -0.05) is 55.1 Å². The molecule has 0 unspecified atom stereocenters. The molecular weight excluding hydrogens is 536 g/mol. The molecule has 0 radical (unpaired) electrons. The van der Waals surface area contributed by atoms with Gasteiger partial charge < -0.3 is 29.7 Å². The van der Waals surface area contributed by atoms with Crippen LogP contribution >= 0.6 is 11.8 Å². The monoisotopic (exact) mass is 572 g/mol. The van der Waals surface area contributed by atoms with Crippen molar-refractivity contribution in [1.29, 1.82) is 0 Å². The van der Waals surface area contributed by atoms with Gasteiger partial charge in [-0.2, -0.15) is 0 Å². The maximum Gasteiger partial charge on any atom is 0.200 e. The predicted molar refractivity (Wildman–Crippen MR) is 162 cm³/mol. The number of thioether (sulfide) groups is 1. The van der Waals surface area contributed by atoms with Crippen LogP contribution in [0.4, 0.5) is 0 Å². The summed E-state index contributed by atoms with van der Waals surface area (Å²) in [7, 11) is 3.33. The highest BCUT2D eigenvalue weighted by Gasteiger charge is 2.62. The van der Waals surface area contributed by atoms with Crippen molar-refractivity contribution in [3.63, 3.8) is 0 Å². The number of amidine groups is 1. The second-order valence-corrected chi connectivity index (χ2v) is 12.2. The van der Waals surface area contributed by atoms with E-state index in [9.17, 15) is 10.2 Å². The first-order valence-corrected chi connectivity index (χ1v) is 15.0. The molecule has 0 amide bonds. The maximum absolute atomic E-state index is 11.2. The van der Waals surface area contributed by atoms with Crippen LogP contribution in [-0.2, 0) is 0 Å². The molecule has 6 rings (SSSR count). The van der Waals surface area contributed by atoms with Crippen molar-refractivity contribution in [2.75, 3.05) is 20.0 Å². The highest BCUT2D eigenvalue weighted by atomic mass is 32.2. The molecule has 7 nitrogen and oxygen atoms in total. The van der Waals surface area contributed by atoms with Crippen molar-refractivity contribution in [3.05, 3.63) is 90.0 Å². The number of rotatable bonds is 6. The summed E-state index contributed by atoms with van der Waals surface area (Å²) in [4.78, 5) is 5.24. The maximum atomic E-state index is 11.2. The van der Waals surface area contributed by atoms with Crippen LogP contribution in [0.5, 0.6) is 28.7 Å². The van der Waals surface area contributed by atoms with Crippen LogP contribution in [-0.4, -0.2) is 41.1 Å². The molecule has 1 aliphatic carbocycles. The van der Waals surface area contributed by atoms with Gasteiger partial charge in [0.2, 0.25) is 5.75 Å². The molecule has 2 aliphatic heterocycles. The number of phenolic OH excluding ortho intramolecular Hbond substituents is 2. The quantitative estimate of drug-likeness (QED) is 0.226. The van der Waals surface area contributed by atoms with Gasteiger partial charge in [-0.3, -0.25) is 4.99 Å². The Balaban J connectivity index is 1.56. The summed E-state index contributed by atoms with van der Waals surface area (Å²) < 4.78 is 17.9. The van der Waals surface area contributed by atoms with Gasteiger partial charge in [-0.05, 0) is 60.2 Å². The first-order valence-electron chi connectivity index (χ1n) is 14.0. The third kappa shape index (κ3) is 4.68. The number of benzene rings is 3. The number of hydrogen-bond donors (Lipinski definition) is 3. The van der Waals surface area contributed by atoms with E-state index in [2.05, 4.69) is 43.1 Å². The van der Waals surface area contributed by atoms with Crippen molar-refractivity contribution >= 4 is 16.9 Å². The van der Waals surface area contributed by atoms with Crippen LogP contribution in [0.25, 0.3) is 0 Å². The van der Waals surface area contributed by atoms with E-state index >= 15 is 0 Å². The van der Waals surface area contributed by atoms with Crippen molar-refractivity contribution in [2.24, 2.45) is 22.7 Å². The summed E-state index contributed by atoms with van der Waals surface area (Å²) in [6.45, 7) is 6.21. The summed E-state index contributed by atoms with van der Waals surface area (Å²) in [5, 5.41) is 26.3. The second kappa shape index (κ2) is 10.9. The molecule has 0 saturated heterocycles. The molecule has 1 saturated carbocycles. The van der Waals surface area contributed by atoms with Crippen molar-refractivity contribution in [3.8, 4) is 28.7 Å². The van der Waals surface area contributed by atoms with Crippen LogP contribution in [0.15, 0.2) is 78.3 Å². The number of nitrogens with zero attached hydrogens (tertiary/aromatic N) is 1. The second-order valence-electron chi connectivity index (χ2n) is 11.2. The number of hydrogen-bond acceptors (Lipinski definition) is 8. The summed E-state index contributed by atoms with van der Waals surface area (Å²) in [6.07, 6.45) is 3.66. The van der Waals surface area contributed by atoms with E-state index in [-0.39, 0.29) is 35.3 Å². The van der Waals surface area contributed by atoms with Gasteiger partial charge in [0.15, 0.2) is 22.4 Å². The molecule has 8 heteroatoms. The highest BCUT2D eigenvalue weighted by Crippen LogP contribution is 2.61. The van der Waals surface area contributed by atoms with Gasteiger partial charge in [0.05, 0.1) is 20.3 Å². The number of methoxy groups -OCH3 is 2. The molecule has 2 heterocycles. The largest absolute Gasteiger partial charge is 0.504 e. The number of ether oxygens (including phenoxy) is 3. The molecule has 3 aliphatic rings. The minimum Gasteiger partial charge on any atom is -0.504 e. The molecule has 3 aromatic carbocycles. The Hall–Kier alpha value is -3.78. The zero-order valence-corrected chi connectivity index (χ0v) is 24.4. The SMILES string of the molecule is C=CCSC1=N[C@@H](c2ccc(OC)cc2)[C@@H]2C[C@H](C)C[C@H]3[C@H](c4ccc(OC)cc4)c4ccc(O)c(O)c4O[C@]32N1. The molecule has 1 spiro atoms. The zero-order chi connectivity index (χ0) is 28.7. The molecule has 3 N–H and O–H groups in total. The van der Waals surface area contributed by atoms with E-state index < -0.39 is 5.72 Å². The normalized spacial score (nSPS) is 28.1. The Morgan fingerprint density at radius 1 is 0.976 bits per heavy atom. The Morgan fingerprint density at radius 2 is 1.61 bits per heavy atom. The first-order chi connectivity index (χ1) is 19.9. The smallest absolute Gasteiger partial charge is 0.200 e. The number of nitrogens with one attached hydrogen (secondary N) is 1. The fourth-order valence-corrected chi connectivity index (χ4v) is 7.67. The Bertz CT molecular complexity index is 1460. The lowest BCUT2D eigenvalue weighted by Crippen LogP contribution is -2.70. The fourth-order valence-electron chi connectivity index (χ4n) is 6.97.